The SMILES string of the molecule is CC(=O)SCC=Cc1cc(C(F)(F)F)cnc1Cl. The molecule has 0 saturated carbocycles. The van der Waals surface area contributed by atoms with Gasteiger partial charge in [0, 0.05) is 24.4 Å². The molecule has 0 amide bonds. The van der Waals surface area contributed by atoms with Gasteiger partial charge in [0.2, 0.25) is 0 Å². The van der Waals surface area contributed by atoms with Gasteiger partial charge >= 0.3 is 6.18 Å². The van der Waals surface area contributed by atoms with E-state index in [0.29, 0.717) is 11.9 Å². The minimum atomic E-state index is -4.45. The zero-order chi connectivity index (χ0) is 13.8. The molecule has 2 nitrogen and oxygen atoms in total. The maximum Gasteiger partial charge on any atom is 0.417 e. The number of aromatic nitrogens is 1. The number of pyridine rings is 1. The van der Waals surface area contributed by atoms with Crippen molar-refractivity contribution in [2.75, 3.05) is 5.75 Å². The minimum Gasteiger partial charge on any atom is -0.288 e. The van der Waals surface area contributed by atoms with Gasteiger partial charge in [-0.15, -0.1) is 0 Å². The van der Waals surface area contributed by atoms with Crippen molar-refractivity contribution < 1.29 is 18.0 Å². The number of hydrogen-bond acceptors (Lipinski definition) is 3. The van der Waals surface area contributed by atoms with Crippen LogP contribution in [0.1, 0.15) is 18.1 Å². The van der Waals surface area contributed by atoms with Gasteiger partial charge < -0.3 is 0 Å². The van der Waals surface area contributed by atoms with Crippen LogP contribution >= 0.6 is 23.4 Å². The van der Waals surface area contributed by atoms with Crippen LogP contribution in [-0.4, -0.2) is 15.9 Å². The summed E-state index contributed by atoms with van der Waals surface area (Å²) in [6, 6.07) is 0.921. The van der Waals surface area contributed by atoms with E-state index in [1.54, 1.807) is 6.08 Å². The molecule has 1 heterocycles. The van der Waals surface area contributed by atoms with Gasteiger partial charge in [-0.2, -0.15) is 13.2 Å². The Hall–Kier alpha value is -1.01. The van der Waals surface area contributed by atoms with E-state index in [9.17, 15) is 18.0 Å². The maximum absolute atomic E-state index is 12.4. The van der Waals surface area contributed by atoms with Crippen molar-refractivity contribution in [3.8, 4) is 0 Å². The zero-order valence-electron chi connectivity index (χ0n) is 9.29. The molecule has 0 radical (unpaired) electrons. The van der Waals surface area contributed by atoms with Crippen molar-refractivity contribution in [3.63, 3.8) is 0 Å². The van der Waals surface area contributed by atoms with Crippen molar-refractivity contribution >= 4 is 34.6 Å². The molecule has 0 aromatic carbocycles. The first-order valence-corrected chi connectivity index (χ1v) is 6.19. The van der Waals surface area contributed by atoms with Crippen LogP contribution in [0.25, 0.3) is 6.08 Å². The molecular weight excluding hydrogens is 287 g/mol. The summed E-state index contributed by atoms with van der Waals surface area (Å²) < 4.78 is 37.3. The highest BCUT2D eigenvalue weighted by molar-refractivity contribution is 8.13. The molecule has 0 saturated heterocycles. The van der Waals surface area contributed by atoms with Gasteiger partial charge in [0.1, 0.15) is 5.15 Å². The molecule has 98 valence electrons. The summed E-state index contributed by atoms with van der Waals surface area (Å²) >= 11 is 6.74. The molecule has 0 spiro atoms. The van der Waals surface area contributed by atoms with E-state index < -0.39 is 11.7 Å². The second kappa shape index (κ2) is 6.24. The molecule has 0 bridgehead atoms. The lowest BCUT2D eigenvalue weighted by atomic mass is 10.2. The maximum atomic E-state index is 12.4. The lowest BCUT2D eigenvalue weighted by Crippen LogP contribution is -2.05. The van der Waals surface area contributed by atoms with Gasteiger partial charge in [-0.25, -0.2) is 4.98 Å². The van der Waals surface area contributed by atoms with E-state index in [4.69, 9.17) is 11.6 Å². The summed E-state index contributed by atoms with van der Waals surface area (Å²) in [5.41, 5.74) is -0.679. The third-order valence-corrected chi connectivity index (χ3v) is 2.96. The molecule has 0 atom stereocenters. The number of carbonyl (C=O) groups excluding carboxylic acids is 1. The smallest absolute Gasteiger partial charge is 0.288 e. The van der Waals surface area contributed by atoms with Gasteiger partial charge in [-0.1, -0.05) is 35.5 Å². The van der Waals surface area contributed by atoms with Crippen molar-refractivity contribution in [1.29, 1.82) is 0 Å². The van der Waals surface area contributed by atoms with E-state index in [-0.39, 0.29) is 15.8 Å². The molecule has 0 fully saturated rings. The Kier molecular flexibility index (Phi) is 5.22. The van der Waals surface area contributed by atoms with Crippen molar-refractivity contribution in [2.24, 2.45) is 0 Å². The molecule has 0 aliphatic carbocycles. The molecule has 0 aliphatic heterocycles. The fourth-order valence-corrected chi connectivity index (χ4v) is 1.67. The molecule has 0 N–H and O–H groups in total. The average Bonchev–Trinajstić information content (AvgIpc) is 2.24. The van der Waals surface area contributed by atoms with Crippen LogP contribution in [0.2, 0.25) is 5.15 Å². The Morgan fingerprint density at radius 1 is 1.56 bits per heavy atom. The van der Waals surface area contributed by atoms with E-state index in [1.807, 2.05) is 0 Å². The van der Waals surface area contributed by atoms with Crippen LogP contribution in [0, 0.1) is 0 Å². The summed E-state index contributed by atoms with van der Waals surface area (Å²) in [4.78, 5) is 14.1. The molecule has 1 rings (SSSR count). The Morgan fingerprint density at radius 2 is 2.22 bits per heavy atom. The van der Waals surface area contributed by atoms with E-state index in [0.717, 1.165) is 17.8 Å². The monoisotopic (exact) mass is 295 g/mol. The molecule has 0 unspecified atom stereocenters. The summed E-state index contributed by atoms with van der Waals surface area (Å²) in [7, 11) is 0. The predicted octanol–water partition coefficient (Wildman–Crippen LogP) is 4.05. The van der Waals surface area contributed by atoms with E-state index in [1.165, 1.54) is 13.0 Å². The number of rotatable bonds is 3. The van der Waals surface area contributed by atoms with Crippen molar-refractivity contribution in [3.05, 3.63) is 34.6 Å². The summed E-state index contributed by atoms with van der Waals surface area (Å²) in [5, 5.41) is -0.0695. The Balaban J connectivity index is 2.85. The fourth-order valence-electron chi connectivity index (χ4n) is 1.08. The second-order valence-electron chi connectivity index (χ2n) is 3.31. The first-order chi connectivity index (χ1) is 8.30. The van der Waals surface area contributed by atoms with Gasteiger partial charge in [0.25, 0.3) is 0 Å². The second-order valence-corrected chi connectivity index (χ2v) is 4.86. The van der Waals surface area contributed by atoms with Crippen LogP contribution in [-0.2, 0) is 11.0 Å². The third kappa shape index (κ3) is 4.70. The predicted molar refractivity (Wildman–Crippen MR) is 66.4 cm³/mol. The van der Waals surface area contributed by atoms with Gasteiger partial charge in [0.15, 0.2) is 5.12 Å². The Morgan fingerprint density at radius 3 is 2.78 bits per heavy atom. The number of nitrogens with zero attached hydrogens (tertiary/aromatic N) is 1. The fraction of sp³-hybridized carbons (Fsp3) is 0.273. The number of halogens is 4. The first kappa shape index (κ1) is 15.0. The molecule has 1 aromatic rings. The van der Waals surface area contributed by atoms with Crippen LogP contribution in [0.3, 0.4) is 0 Å². The van der Waals surface area contributed by atoms with E-state index >= 15 is 0 Å². The number of thioether (sulfide) groups is 1. The standard InChI is InChI=1S/C11H9ClF3NOS/c1-7(17)18-4-2-3-8-5-9(11(13,14)15)6-16-10(8)12/h2-3,5-6H,4H2,1H3. The normalized spacial score (nSPS) is 12.1. The highest BCUT2D eigenvalue weighted by Gasteiger charge is 2.31. The Bertz CT molecular complexity index is 474. The summed E-state index contributed by atoms with van der Waals surface area (Å²) in [6.07, 6.45) is -0.784. The number of hydrogen-bond donors (Lipinski definition) is 0. The topological polar surface area (TPSA) is 30.0 Å². The van der Waals surface area contributed by atoms with Crippen molar-refractivity contribution in [2.45, 2.75) is 13.1 Å². The van der Waals surface area contributed by atoms with Gasteiger partial charge in [-0.05, 0) is 6.07 Å². The zero-order valence-corrected chi connectivity index (χ0v) is 10.9. The molecule has 0 aliphatic rings. The van der Waals surface area contributed by atoms with E-state index in [2.05, 4.69) is 4.98 Å². The van der Waals surface area contributed by atoms with Gasteiger partial charge in [-0.3, -0.25) is 4.79 Å². The lowest BCUT2D eigenvalue weighted by molar-refractivity contribution is -0.137. The third-order valence-electron chi connectivity index (χ3n) is 1.87. The highest BCUT2D eigenvalue weighted by atomic mass is 35.5. The van der Waals surface area contributed by atoms with Crippen LogP contribution < -0.4 is 0 Å². The summed E-state index contributed by atoms with van der Waals surface area (Å²) in [6.45, 7) is 1.41. The molecule has 18 heavy (non-hydrogen) atoms. The minimum absolute atomic E-state index is 0.00734. The average molecular weight is 296 g/mol. The highest BCUT2D eigenvalue weighted by Crippen LogP contribution is 2.30. The molecular formula is C11H9ClF3NOS. The number of carbonyl (C=O) groups is 1. The summed E-state index contributed by atoms with van der Waals surface area (Å²) in [5.74, 6) is 0.377. The largest absolute Gasteiger partial charge is 0.417 e. The molecule has 1 aromatic heterocycles. The molecule has 7 heteroatoms. The quantitative estimate of drug-likeness (QED) is 0.788. The van der Waals surface area contributed by atoms with Crippen molar-refractivity contribution in [1.82, 2.24) is 4.98 Å². The first-order valence-electron chi connectivity index (χ1n) is 4.83. The van der Waals surface area contributed by atoms with Gasteiger partial charge in [0.05, 0.1) is 5.56 Å². The lowest BCUT2D eigenvalue weighted by Gasteiger charge is -2.07. The number of alkyl halides is 3. The Labute approximate surface area is 111 Å². The van der Waals surface area contributed by atoms with Crippen LogP contribution in [0.5, 0.6) is 0 Å². The van der Waals surface area contributed by atoms with Crippen LogP contribution in [0.4, 0.5) is 13.2 Å². The van der Waals surface area contributed by atoms with Crippen LogP contribution in [0.15, 0.2) is 18.3 Å².